The van der Waals surface area contributed by atoms with Gasteiger partial charge in [-0.05, 0) is 17.9 Å². The molecule has 1 saturated carbocycles. The number of hydrazine groups is 1. The molecule has 1 unspecified atom stereocenters. The highest BCUT2D eigenvalue weighted by Gasteiger charge is 2.31. The highest BCUT2D eigenvalue weighted by molar-refractivity contribution is 6.20. The average Bonchev–Trinajstić information content (AvgIpc) is 2.30. The summed E-state index contributed by atoms with van der Waals surface area (Å²) >= 11 is 5.80. The molecule has 0 spiro atoms. The first kappa shape index (κ1) is 12.2. The van der Waals surface area contributed by atoms with Crippen molar-refractivity contribution in [3.8, 4) is 0 Å². The second kappa shape index (κ2) is 5.35. The molecule has 1 aliphatic carbocycles. The van der Waals surface area contributed by atoms with Crippen LogP contribution in [0.4, 0.5) is 0 Å². The Kier molecular flexibility index (Phi) is 3.83. The van der Waals surface area contributed by atoms with E-state index < -0.39 is 10.7 Å². The first-order chi connectivity index (χ1) is 8.18. The Morgan fingerprint density at radius 1 is 1.47 bits per heavy atom. The van der Waals surface area contributed by atoms with Crippen LogP contribution in [-0.2, 0) is 0 Å². The van der Waals surface area contributed by atoms with Gasteiger partial charge in [-0.3, -0.25) is 0 Å². The topological polar surface area (TPSA) is 70.8 Å². The summed E-state index contributed by atoms with van der Waals surface area (Å²) in [7, 11) is 0. The molecule has 1 atom stereocenters. The number of alkyl halides is 1. The number of aliphatic imine (C=N–C) groups is 1. The summed E-state index contributed by atoms with van der Waals surface area (Å²) in [5.41, 5.74) is -0.971. The largest absolute Gasteiger partial charge is 0.364 e. The van der Waals surface area contributed by atoms with E-state index in [9.17, 15) is 10.1 Å². The summed E-state index contributed by atoms with van der Waals surface area (Å²) in [4.78, 5) is 14.7. The van der Waals surface area contributed by atoms with Gasteiger partial charge in [0.1, 0.15) is 0 Å². The van der Waals surface area contributed by atoms with Crippen LogP contribution in [0.15, 0.2) is 16.9 Å². The average molecular weight is 259 g/mol. The van der Waals surface area contributed by atoms with Crippen LogP contribution in [0.5, 0.6) is 0 Å². The molecule has 94 valence electrons. The normalized spacial score (nSPS) is 25.6. The van der Waals surface area contributed by atoms with Crippen LogP contribution >= 0.6 is 11.6 Å². The molecule has 0 aromatic heterocycles. The van der Waals surface area contributed by atoms with Crippen molar-refractivity contribution in [3.05, 3.63) is 22.0 Å². The van der Waals surface area contributed by atoms with Crippen LogP contribution in [0.25, 0.3) is 0 Å². The van der Waals surface area contributed by atoms with E-state index in [1.807, 2.05) is 0 Å². The number of nitrogens with one attached hydrogen (secondary N) is 1. The molecule has 0 aromatic rings. The monoisotopic (exact) mass is 258 g/mol. The Morgan fingerprint density at radius 2 is 2.18 bits per heavy atom. The molecular weight excluding hydrogens is 244 g/mol. The van der Waals surface area contributed by atoms with Gasteiger partial charge in [-0.1, -0.05) is 30.9 Å². The standard InChI is InChI=1S/C10H15ClN4O2/c11-10-12-7-6-9(14(10)15(16)17)13-8-4-2-1-3-5-8/h6-8,10,13H,1-5H2. The Balaban J connectivity index is 2.04. The highest BCUT2D eigenvalue weighted by Crippen LogP contribution is 2.21. The third-order valence-electron chi connectivity index (χ3n) is 3.02. The number of hydrogen-bond donors (Lipinski definition) is 1. The summed E-state index contributed by atoms with van der Waals surface area (Å²) in [6.07, 6.45) is 8.78. The fraction of sp³-hybridized carbons (Fsp3) is 0.700. The van der Waals surface area contributed by atoms with Crippen molar-refractivity contribution >= 4 is 17.8 Å². The molecular formula is C10H15ClN4O2. The maximum absolute atomic E-state index is 10.9. The summed E-state index contributed by atoms with van der Waals surface area (Å²) in [6.45, 7) is 0. The second-order valence-corrected chi connectivity index (χ2v) is 4.61. The first-order valence-electron chi connectivity index (χ1n) is 5.76. The van der Waals surface area contributed by atoms with E-state index in [4.69, 9.17) is 11.6 Å². The van der Waals surface area contributed by atoms with Gasteiger partial charge in [0.15, 0.2) is 10.9 Å². The van der Waals surface area contributed by atoms with E-state index in [0.717, 1.165) is 17.9 Å². The third kappa shape index (κ3) is 2.88. The predicted octanol–water partition coefficient (Wildman–Crippen LogP) is 1.85. The molecule has 0 aromatic carbocycles. The Morgan fingerprint density at radius 3 is 2.82 bits per heavy atom. The molecule has 0 bridgehead atoms. The lowest BCUT2D eigenvalue weighted by atomic mass is 9.95. The van der Waals surface area contributed by atoms with Crippen molar-refractivity contribution in [1.82, 2.24) is 10.3 Å². The SMILES string of the molecule is O=[N+]([O-])N1C(NC2CCCCC2)=CC=NC1Cl. The molecule has 0 radical (unpaired) electrons. The van der Waals surface area contributed by atoms with Gasteiger partial charge < -0.3 is 5.32 Å². The van der Waals surface area contributed by atoms with Crippen LogP contribution in [0, 0.1) is 10.1 Å². The zero-order valence-corrected chi connectivity index (χ0v) is 10.1. The first-order valence-corrected chi connectivity index (χ1v) is 6.20. The third-order valence-corrected chi connectivity index (χ3v) is 3.32. The lowest BCUT2D eigenvalue weighted by molar-refractivity contribution is -0.649. The van der Waals surface area contributed by atoms with Crippen molar-refractivity contribution in [1.29, 1.82) is 0 Å². The molecule has 1 N–H and O–H groups in total. The lowest BCUT2D eigenvalue weighted by Crippen LogP contribution is -2.45. The molecule has 1 fully saturated rings. The molecule has 17 heavy (non-hydrogen) atoms. The minimum atomic E-state index is -0.971. The smallest absolute Gasteiger partial charge is 0.260 e. The maximum atomic E-state index is 10.9. The van der Waals surface area contributed by atoms with Gasteiger partial charge >= 0.3 is 0 Å². The van der Waals surface area contributed by atoms with Crippen LogP contribution in [-0.4, -0.2) is 27.9 Å². The molecule has 7 heteroatoms. The van der Waals surface area contributed by atoms with Gasteiger partial charge in [0, 0.05) is 18.3 Å². The van der Waals surface area contributed by atoms with Crippen LogP contribution in [0.1, 0.15) is 32.1 Å². The molecule has 1 aliphatic heterocycles. The van der Waals surface area contributed by atoms with Gasteiger partial charge in [0.2, 0.25) is 0 Å². The summed E-state index contributed by atoms with van der Waals surface area (Å²) in [5, 5.41) is 14.4. The van der Waals surface area contributed by atoms with Crippen LogP contribution in [0.2, 0.25) is 0 Å². The molecule has 0 amide bonds. The minimum Gasteiger partial charge on any atom is -0.364 e. The Labute approximate surface area is 104 Å². The minimum absolute atomic E-state index is 0.299. The number of nitro groups is 1. The highest BCUT2D eigenvalue weighted by atomic mass is 35.5. The maximum Gasteiger partial charge on any atom is 0.260 e. The van der Waals surface area contributed by atoms with Gasteiger partial charge in [-0.15, -0.1) is 0 Å². The van der Waals surface area contributed by atoms with E-state index in [-0.39, 0.29) is 0 Å². The number of hydrogen-bond acceptors (Lipinski definition) is 4. The van der Waals surface area contributed by atoms with Crippen molar-refractivity contribution in [2.24, 2.45) is 4.99 Å². The van der Waals surface area contributed by atoms with Crippen LogP contribution in [0.3, 0.4) is 0 Å². The number of allylic oxidation sites excluding steroid dienone is 1. The van der Waals surface area contributed by atoms with Crippen molar-refractivity contribution in [3.63, 3.8) is 0 Å². The molecule has 0 saturated heterocycles. The number of rotatable bonds is 3. The summed E-state index contributed by atoms with van der Waals surface area (Å²) < 4.78 is 0. The molecule has 2 rings (SSSR count). The summed E-state index contributed by atoms with van der Waals surface area (Å²) in [6, 6.07) is 0.299. The van der Waals surface area contributed by atoms with E-state index >= 15 is 0 Å². The van der Waals surface area contributed by atoms with Crippen molar-refractivity contribution in [2.45, 2.75) is 43.8 Å². The molecule has 1 heterocycles. The molecule has 6 nitrogen and oxygen atoms in total. The van der Waals surface area contributed by atoms with Crippen molar-refractivity contribution in [2.75, 3.05) is 0 Å². The van der Waals surface area contributed by atoms with Crippen LogP contribution < -0.4 is 5.32 Å². The fourth-order valence-electron chi connectivity index (χ4n) is 2.18. The van der Waals surface area contributed by atoms with E-state index in [1.54, 1.807) is 6.08 Å². The predicted molar refractivity (Wildman–Crippen MR) is 65.1 cm³/mol. The zero-order valence-electron chi connectivity index (χ0n) is 9.38. The summed E-state index contributed by atoms with van der Waals surface area (Å²) in [5.74, 6) is 0.428. The van der Waals surface area contributed by atoms with Gasteiger partial charge in [0.25, 0.3) is 5.62 Å². The number of halogens is 1. The fourth-order valence-corrected chi connectivity index (χ4v) is 2.42. The Hall–Kier alpha value is -1.30. The van der Waals surface area contributed by atoms with E-state index in [0.29, 0.717) is 11.9 Å². The quantitative estimate of drug-likeness (QED) is 0.363. The molecule has 2 aliphatic rings. The lowest BCUT2D eigenvalue weighted by Gasteiger charge is -2.28. The van der Waals surface area contributed by atoms with Gasteiger partial charge in [-0.2, -0.15) is 0 Å². The second-order valence-electron chi connectivity index (χ2n) is 4.22. The van der Waals surface area contributed by atoms with Crippen molar-refractivity contribution < 1.29 is 5.03 Å². The van der Waals surface area contributed by atoms with E-state index in [1.165, 1.54) is 25.5 Å². The van der Waals surface area contributed by atoms with E-state index in [2.05, 4.69) is 10.3 Å². The van der Waals surface area contributed by atoms with Gasteiger partial charge in [0.05, 0.1) is 0 Å². The van der Waals surface area contributed by atoms with Gasteiger partial charge in [-0.25, -0.2) is 15.1 Å². The number of nitrogens with zero attached hydrogens (tertiary/aromatic N) is 3. The Bertz CT molecular complexity index is 352. The zero-order chi connectivity index (χ0) is 12.3.